The van der Waals surface area contributed by atoms with Crippen molar-refractivity contribution in [1.82, 2.24) is 20.5 Å². The summed E-state index contributed by atoms with van der Waals surface area (Å²) >= 11 is 0. The van der Waals surface area contributed by atoms with E-state index >= 15 is 0 Å². The van der Waals surface area contributed by atoms with Gasteiger partial charge in [0, 0.05) is 12.1 Å². The lowest BCUT2D eigenvalue weighted by atomic mass is 10.1. The van der Waals surface area contributed by atoms with Crippen LogP contribution in [0, 0.1) is 6.92 Å². The van der Waals surface area contributed by atoms with E-state index < -0.39 is 0 Å². The average Bonchev–Trinajstić information content (AvgIpc) is 2.90. The molecule has 0 unspecified atom stereocenters. The third-order valence-corrected chi connectivity index (χ3v) is 2.77. The fraction of sp³-hybridized carbons (Fsp3) is 0.357. The lowest BCUT2D eigenvalue weighted by Gasteiger charge is -2.04. The van der Waals surface area contributed by atoms with E-state index in [1.807, 2.05) is 31.2 Å². The van der Waals surface area contributed by atoms with E-state index in [2.05, 4.69) is 32.4 Å². The SMILES string of the molecule is CCCNC(N)=NCc1cccc(-c2n[nH]c(C)n2)c1.I. The van der Waals surface area contributed by atoms with Crippen LogP contribution in [0.2, 0.25) is 0 Å². The van der Waals surface area contributed by atoms with Gasteiger partial charge in [0.15, 0.2) is 11.8 Å². The third kappa shape index (κ3) is 5.33. The molecule has 0 saturated heterocycles. The Morgan fingerprint density at radius 1 is 1.43 bits per heavy atom. The standard InChI is InChI=1S/C14H20N6.HI/c1-3-7-16-14(15)17-9-11-5-4-6-12(8-11)13-18-10(2)19-20-13;/h4-6,8H,3,7,9H2,1-2H3,(H3,15,16,17)(H,18,19,20);1H. The zero-order valence-electron chi connectivity index (χ0n) is 12.3. The molecule has 0 amide bonds. The number of H-pyrrole nitrogens is 1. The van der Waals surface area contributed by atoms with E-state index in [9.17, 15) is 0 Å². The summed E-state index contributed by atoms with van der Waals surface area (Å²) in [4.78, 5) is 8.62. The minimum atomic E-state index is 0. The number of nitrogens with two attached hydrogens (primary N) is 1. The molecular weight excluding hydrogens is 379 g/mol. The molecule has 0 spiro atoms. The van der Waals surface area contributed by atoms with Crippen LogP contribution in [0.3, 0.4) is 0 Å². The highest BCUT2D eigenvalue weighted by atomic mass is 127. The maximum atomic E-state index is 5.77. The Balaban J connectivity index is 0.00000220. The Kier molecular flexibility index (Phi) is 7.13. The molecule has 7 heteroatoms. The van der Waals surface area contributed by atoms with Gasteiger partial charge >= 0.3 is 0 Å². The second kappa shape index (κ2) is 8.60. The zero-order chi connectivity index (χ0) is 14.4. The highest BCUT2D eigenvalue weighted by Crippen LogP contribution is 2.16. The van der Waals surface area contributed by atoms with Gasteiger partial charge in [0.05, 0.1) is 6.54 Å². The molecule has 0 aliphatic carbocycles. The van der Waals surface area contributed by atoms with Crippen LogP contribution in [0.25, 0.3) is 11.4 Å². The summed E-state index contributed by atoms with van der Waals surface area (Å²) in [5.41, 5.74) is 7.82. The number of halogens is 1. The molecule has 1 heterocycles. The number of hydrogen-bond acceptors (Lipinski definition) is 3. The molecule has 1 aromatic carbocycles. The molecule has 0 fully saturated rings. The van der Waals surface area contributed by atoms with Gasteiger partial charge < -0.3 is 11.1 Å². The second-order valence-electron chi connectivity index (χ2n) is 4.57. The van der Waals surface area contributed by atoms with Gasteiger partial charge in [-0.2, -0.15) is 5.10 Å². The Labute approximate surface area is 141 Å². The first-order valence-electron chi connectivity index (χ1n) is 6.71. The molecule has 6 nitrogen and oxygen atoms in total. The van der Waals surface area contributed by atoms with E-state index in [4.69, 9.17) is 5.73 Å². The summed E-state index contributed by atoms with van der Waals surface area (Å²) in [6.45, 7) is 5.35. The minimum Gasteiger partial charge on any atom is -0.370 e. The van der Waals surface area contributed by atoms with Crippen molar-refractivity contribution in [3.05, 3.63) is 35.7 Å². The molecule has 0 radical (unpaired) electrons. The molecule has 0 aliphatic rings. The number of nitrogens with zero attached hydrogens (tertiary/aromatic N) is 3. The molecule has 0 saturated carbocycles. The first-order chi connectivity index (χ1) is 9.69. The highest BCUT2D eigenvalue weighted by molar-refractivity contribution is 14.0. The number of aromatic nitrogens is 3. The normalized spacial score (nSPS) is 11.0. The highest BCUT2D eigenvalue weighted by Gasteiger charge is 2.04. The Bertz CT molecular complexity index is 593. The first kappa shape index (κ1) is 17.4. The maximum Gasteiger partial charge on any atom is 0.188 e. The summed E-state index contributed by atoms with van der Waals surface area (Å²) in [6, 6.07) is 7.99. The molecule has 2 aromatic rings. The Morgan fingerprint density at radius 3 is 2.90 bits per heavy atom. The van der Waals surface area contributed by atoms with Crippen LogP contribution in [0.15, 0.2) is 29.3 Å². The fourth-order valence-corrected chi connectivity index (χ4v) is 1.77. The van der Waals surface area contributed by atoms with E-state index in [0.717, 1.165) is 29.9 Å². The predicted molar refractivity (Wildman–Crippen MR) is 95.6 cm³/mol. The van der Waals surface area contributed by atoms with Crippen molar-refractivity contribution in [2.24, 2.45) is 10.7 Å². The quantitative estimate of drug-likeness (QED) is 0.408. The van der Waals surface area contributed by atoms with Crippen molar-refractivity contribution in [3.63, 3.8) is 0 Å². The van der Waals surface area contributed by atoms with Gasteiger partial charge in [0.1, 0.15) is 5.82 Å². The lowest BCUT2D eigenvalue weighted by Crippen LogP contribution is -2.32. The van der Waals surface area contributed by atoms with Crippen molar-refractivity contribution < 1.29 is 0 Å². The molecular formula is C14H21IN6. The summed E-state index contributed by atoms with van der Waals surface area (Å²) < 4.78 is 0. The molecule has 114 valence electrons. The first-order valence-corrected chi connectivity index (χ1v) is 6.71. The van der Waals surface area contributed by atoms with Crippen molar-refractivity contribution in [2.45, 2.75) is 26.8 Å². The van der Waals surface area contributed by atoms with Gasteiger partial charge in [-0.1, -0.05) is 25.1 Å². The Hall–Kier alpha value is -1.64. The van der Waals surface area contributed by atoms with Crippen molar-refractivity contribution in [1.29, 1.82) is 0 Å². The van der Waals surface area contributed by atoms with Crippen LogP contribution in [-0.4, -0.2) is 27.7 Å². The molecule has 2 rings (SSSR count). The topological polar surface area (TPSA) is 92.0 Å². The number of guanidine groups is 1. The van der Waals surface area contributed by atoms with Crippen LogP contribution < -0.4 is 11.1 Å². The minimum absolute atomic E-state index is 0. The number of benzene rings is 1. The van der Waals surface area contributed by atoms with Crippen LogP contribution in [0.4, 0.5) is 0 Å². The van der Waals surface area contributed by atoms with Crippen molar-refractivity contribution in [2.75, 3.05) is 6.54 Å². The monoisotopic (exact) mass is 400 g/mol. The van der Waals surface area contributed by atoms with Gasteiger partial charge in [-0.3, -0.25) is 5.10 Å². The van der Waals surface area contributed by atoms with Crippen LogP contribution in [0.1, 0.15) is 24.7 Å². The summed E-state index contributed by atoms with van der Waals surface area (Å²) in [5.74, 6) is 1.98. The fourth-order valence-electron chi connectivity index (χ4n) is 1.77. The third-order valence-electron chi connectivity index (χ3n) is 2.77. The summed E-state index contributed by atoms with van der Waals surface area (Å²) in [7, 11) is 0. The largest absolute Gasteiger partial charge is 0.370 e. The maximum absolute atomic E-state index is 5.77. The van der Waals surface area contributed by atoms with E-state index in [1.54, 1.807) is 0 Å². The second-order valence-corrected chi connectivity index (χ2v) is 4.57. The van der Waals surface area contributed by atoms with Crippen LogP contribution >= 0.6 is 24.0 Å². The van der Waals surface area contributed by atoms with Crippen LogP contribution in [0.5, 0.6) is 0 Å². The average molecular weight is 400 g/mol. The van der Waals surface area contributed by atoms with E-state index in [0.29, 0.717) is 18.3 Å². The molecule has 0 aliphatic heterocycles. The van der Waals surface area contributed by atoms with Gasteiger partial charge in [0.25, 0.3) is 0 Å². The van der Waals surface area contributed by atoms with E-state index in [-0.39, 0.29) is 24.0 Å². The number of hydrogen-bond donors (Lipinski definition) is 3. The zero-order valence-corrected chi connectivity index (χ0v) is 14.6. The Morgan fingerprint density at radius 2 is 2.24 bits per heavy atom. The van der Waals surface area contributed by atoms with Gasteiger partial charge in [-0.05, 0) is 25.0 Å². The number of aryl methyl sites for hydroxylation is 1. The smallest absolute Gasteiger partial charge is 0.188 e. The molecule has 1 aromatic heterocycles. The van der Waals surface area contributed by atoms with Crippen LogP contribution in [-0.2, 0) is 6.54 Å². The predicted octanol–water partition coefficient (Wildman–Crippen LogP) is 2.21. The van der Waals surface area contributed by atoms with E-state index in [1.165, 1.54) is 0 Å². The number of nitrogens with one attached hydrogen (secondary N) is 2. The summed E-state index contributed by atoms with van der Waals surface area (Å²) in [5, 5.41) is 10.0. The number of rotatable bonds is 5. The lowest BCUT2D eigenvalue weighted by molar-refractivity contribution is 0.825. The number of aromatic amines is 1. The van der Waals surface area contributed by atoms with Crippen molar-refractivity contribution >= 4 is 29.9 Å². The van der Waals surface area contributed by atoms with Gasteiger partial charge in [-0.15, -0.1) is 24.0 Å². The molecule has 0 bridgehead atoms. The molecule has 0 atom stereocenters. The molecule has 4 N–H and O–H groups in total. The van der Waals surface area contributed by atoms with Gasteiger partial charge in [0.2, 0.25) is 0 Å². The summed E-state index contributed by atoms with van der Waals surface area (Å²) in [6.07, 6.45) is 1.02. The number of aliphatic imine (C=N–C) groups is 1. The molecule has 21 heavy (non-hydrogen) atoms. The van der Waals surface area contributed by atoms with Crippen molar-refractivity contribution in [3.8, 4) is 11.4 Å². The van der Waals surface area contributed by atoms with Gasteiger partial charge in [-0.25, -0.2) is 9.98 Å².